The van der Waals surface area contributed by atoms with Crippen molar-refractivity contribution in [3.63, 3.8) is 0 Å². The zero-order valence-electron chi connectivity index (χ0n) is 10.6. The zero-order valence-corrected chi connectivity index (χ0v) is 10.6. The standard InChI is InChI=1S/C14H22F4/c15-11-3-5-13(17)9(7-11)1-2-10-8-12(16)4-6-14(10)18/h9-14H,1-8H2. The summed E-state index contributed by atoms with van der Waals surface area (Å²) in [5.74, 6) is -0.582. The Morgan fingerprint density at radius 1 is 0.611 bits per heavy atom. The van der Waals surface area contributed by atoms with Crippen molar-refractivity contribution in [2.75, 3.05) is 0 Å². The van der Waals surface area contributed by atoms with Crippen molar-refractivity contribution in [2.45, 2.75) is 76.1 Å². The van der Waals surface area contributed by atoms with E-state index in [1.165, 1.54) is 0 Å². The van der Waals surface area contributed by atoms with Gasteiger partial charge in [-0.2, -0.15) is 0 Å². The first-order valence-corrected chi connectivity index (χ1v) is 7.12. The molecule has 2 rings (SSSR count). The maximum absolute atomic E-state index is 13.6. The van der Waals surface area contributed by atoms with Crippen LogP contribution in [0.1, 0.15) is 51.4 Å². The maximum atomic E-state index is 13.6. The highest BCUT2D eigenvalue weighted by atomic mass is 19.1. The molecule has 106 valence electrons. The first-order valence-electron chi connectivity index (χ1n) is 7.12. The van der Waals surface area contributed by atoms with Crippen molar-refractivity contribution in [3.05, 3.63) is 0 Å². The summed E-state index contributed by atoms with van der Waals surface area (Å²) in [6.45, 7) is 0. The molecule has 2 fully saturated rings. The van der Waals surface area contributed by atoms with Crippen molar-refractivity contribution < 1.29 is 17.6 Å². The molecule has 2 aliphatic carbocycles. The Hall–Kier alpha value is -0.280. The number of alkyl halides is 4. The molecule has 18 heavy (non-hydrogen) atoms. The van der Waals surface area contributed by atoms with E-state index in [1.807, 2.05) is 0 Å². The molecule has 6 unspecified atom stereocenters. The van der Waals surface area contributed by atoms with E-state index >= 15 is 0 Å². The van der Waals surface area contributed by atoms with Crippen LogP contribution < -0.4 is 0 Å². The summed E-state index contributed by atoms with van der Waals surface area (Å²) in [6, 6.07) is 0. The van der Waals surface area contributed by atoms with Crippen LogP contribution in [0.25, 0.3) is 0 Å². The van der Waals surface area contributed by atoms with Crippen molar-refractivity contribution in [1.29, 1.82) is 0 Å². The second-order valence-corrected chi connectivity index (χ2v) is 5.95. The van der Waals surface area contributed by atoms with Gasteiger partial charge in [-0.25, -0.2) is 17.6 Å². The number of hydrogen-bond donors (Lipinski definition) is 0. The van der Waals surface area contributed by atoms with Crippen LogP contribution in [0.15, 0.2) is 0 Å². The lowest BCUT2D eigenvalue weighted by molar-refractivity contribution is 0.0674. The Morgan fingerprint density at radius 2 is 1.00 bits per heavy atom. The Morgan fingerprint density at radius 3 is 1.39 bits per heavy atom. The van der Waals surface area contributed by atoms with E-state index < -0.39 is 24.7 Å². The van der Waals surface area contributed by atoms with E-state index in [2.05, 4.69) is 0 Å². The monoisotopic (exact) mass is 266 g/mol. The molecule has 0 aromatic carbocycles. The Kier molecular flexibility index (Phi) is 4.91. The topological polar surface area (TPSA) is 0 Å². The van der Waals surface area contributed by atoms with Crippen LogP contribution >= 0.6 is 0 Å². The molecule has 0 aromatic rings. The highest BCUT2D eigenvalue weighted by Gasteiger charge is 2.34. The summed E-state index contributed by atoms with van der Waals surface area (Å²) in [6.07, 6.45) is -1.07. The van der Waals surface area contributed by atoms with Gasteiger partial charge in [0.2, 0.25) is 0 Å². The molecule has 0 amide bonds. The lowest BCUT2D eigenvalue weighted by Crippen LogP contribution is -2.30. The van der Waals surface area contributed by atoms with Gasteiger partial charge < -0.3 is 0 Å². The smallest absolute Gasteiger partial charge is 0.103 e. The first kappa shape index (κ1) is 14.1. The van der Waals surface area contributed by atoms with Gasteiger partial charge in [-0.3, -0.25) is 0 Å². The van der Waals surface area contributed by atoms with Crippen LogP contribution in [0.2, 0.25) is 0 Å². The number of rotatable bonds is 3. The van der Waals surface area contributed by atoms with Crippen molar-refractivity contribution in [2.24, 2.45) is 11.8 Å². The van der Waals surface area contributed by atoms with E-state index in [0.717, 1.165) is 0 Å². The minimum absolute atomic E-state index is 0.254. The van der Waals surface area contributed by atoms with Gasteiger partial charge in [0.1, 0.15) is 24.7 Å². The molecule has 0 aromatic heterocycles. The quantitative estimate of drug-likeness (QED) is 0.648. The van der Waals surface area contributed by atoms with Gasteiger partial charge in [-0.1, -0.05) is 0 Å². The van der Waals surface area contributed by atoms with Crippen LogP contribution in [-0.4, -0.2) is 24.7 Å². The highest BCUT2D eigenvalue weighted by molar-refractivity contribution is 4.84. The van der Waals surface area contributed by atoms with Crippen molar-refractivity contribution in [3.8, 4) is 0 Å². The Labute approximate surface area is 106 Å². The largest absolute Gasteiger partial charge is 0.247 e. The second-order valence-electron chi connectivity index (χ2n) is 5.95. The van der Waals surface area contributed by atoms with Gasteiger partial charge in [0.05, 0.1) is 0 Å². The van der Waals surface area contributed by atoms with Crippen LogP contribution in [-0.2, 0) is 0 Å². The van der Waals surface area contributed by atoms with E-state index in [4.69, 9.17) is 0 Å². The summed E-state index contributed by atoms with van der Waals surface area (Å²) >= 11 is 0. The molecule has 0 spiro atoms. The highest BCUT2D eigenvalue weighted by Crippen LogP contribution is 2.37. The minimum Gasteiger partial charge on any atom is -0.247 e. The molecule has 2 saturated carbocycles. The zero-order chi connectivity index (χ0) is 13.1. The molecule has 0 nitrogen and oxygen atoms in total. The van der Waals surface area contributed by atoms with Gasteiger partial charge in [-0.15, -0.1) is 0 Å². The fraction of sp³-hybridized carbons (Fsp3) is 1.00. The van der Waals surface area contributed by atoms with Crippen molar-refractivity contribution in [1.82, 2.24) is 0 Å². The molecule has 0 N–H and O–H groups in total. The number of hydrogen-bond acceptors (Lipinski definition) is 0. The maximum Gasteiger partial charge on any atom is 0.103 e. The molecule has 0 radical (unpaired) electrons. The fourth-order valence-corrected chi connectivity index (χ4v) is 3.37. The molecular weight excluding hydrogens is 244 g/mol. The molecule has 0 bridgehead atoms. The molecule has 4 heteroatoms. The van der Waals surface area contributed by atoms with Gasteiger partial charge >= 0.3 is 0 Å². The molecule has 0 aliphatic heterocycles. The summed E-state index contributed by atoms with van der Waals surface area (Å²) in [7, 11) is 0. The van der Waals surface area contributed by atoms with Crippen LogP contribution in [0.3, 0.4) is 0 Å². The normalized spacial score (nSPS) is 46.0. The predicted octanol–water partition coefficient (Wildman–Crippen LogP) is 4.72. The summed E-state index contributed by atoms with van der Waals surface area (Å²) in [5.41, 5.74) is 0. The Balaban J connectivity index is 1.79. The fourth-order valence-electron chi connectivity index (χ4n) is 3.37. The SMILES string of the molecule is FC1CCC(F)C(CCC2CC(F)CCC2F)C1. The molecule has 0 saturated heterocycles. The molecule has 0 heterocycles. The Bertz CT molecular complexity index is 232. The molecule has 2 aliphatic rings. The third-order valence-corrected chi connectivity index (χ3v) is 4.56. The third kappa shape index (κ3) is 3.61. The van der Waals surface area contributed by atoms with Gasteiger partial charge in [0.15, 0.2) is 0 Å². The summed E-state index contributed by atoms with van der Waals surface area (Å²) in [4.78, 5) is 0. The van der Waals surface area contributed by atoms with Crippen LogP contribution in [0, 0.1) is 11.8 Å². The molecular formula is C14H22F4. The first-order chi connectivity index (χ1) is 8.56. The van der Waals surface area contributed by atoms with Crippen LogP contribution in [0.4, 0.5) is 17.6 Å². The minimum atomic E-state index is -0.958. The average Bonchev–Trinajstić information content (AvgIpc) is 2.34. The number of halogens is 4. The molecule has 6 atom stereocenters. The third-order valence-electron chi connectivity index (χ3n) is 4.56. The van der Waals surface area contributed by atoms with E-state index in [9.17, 15) is 17.6 Å². The second kappa shape index (κ2) is 6.25. The van der Waals surface area contributed by atoms with Crippen molar-refractivity contribution >= 4 is 0 Å². The predicted molar refractivity (Wildman–Crippen MR) is 63.5 cm³/mol. The van der Waals surface area contributed by atoms with E-state index in [-0.39, 0.29) is 37.5 Å². The van der Waals surface area contributed by atoms with Crippen LogP contribution in [0.5, 0.6) is 0 Å². The lowest BCUT2D eigenvalue weighted by Gasteiger charge is -2.32. The summed E-state index contributed by atoms with van der Waals surface area (Å²) < 4.78 is 53.7. The summed E-state index contributed by atoms with van der Waals surface area (Å²) in [5, 5.41) is 0. The van der Waals surface area contributed by atoms with Gasteiger partial charge in [0.25, 0.3) is 0 Å². The lowest BCUT2D eigenvalue weighted by atomic mass is 9.78. The average molecular weight is 266 g/mol. The van der Waals surface area contributed by atoms with Gasteiger partial charge in [-0.05, 0) is 63.2 Å². The van der Waals surface area contributed by atoms with Gasteiger partial charge in [0, 0.05) is 0 Å². The van der Waals surface area contributed by atoms with E-state index in [0.29, 0.717) is 25.7 Å². The van der Waals surface area contributed by atoms with E-state index in [1.54, 1.807) is 0 Å².